The maximum Gasteiger partial charge on any atom is 0.313 e. The van der Waals surface area contributed by atoms with E-state index >= 15 is 0 Å². The average Bonchev–Trinajstić information content (AvgIpc) is 2.71. The summed E-state index contributed by atoms with van der Waals surface area (Å²) < 4.78 is 0. The van der Waals surface area contributed by atoms with E-state index in [0.717, 1.165) is 17.9 Å². The summed E-state index contributed by atoms with van der Waals surface area (Å²) in [6, 6.07) is 3.01. The van der Waals surface area contributed by atoms with E-state index in [1.807, 2.05) is 0 Å². The number of rotatable bonds is 17. The number of unbranched alkanes of at least 4 members (excludes halogenated alkanes) is 13. The Morgan fingerprint density at radius 2 is 1.29 bits per heavy atom. The Bertz CT molecular complexity index is 537. The van der Waals surface area contributed by atoms with Crippen LogP contribution in [0.15, 0.2) is 24.5 Å². The standard InChI is InChI=1S/C22H37N3O3/c1-2-3-4-5-6-7-8-9-10-11-12-13-14-15-20-24(25(27)28)22(26)21-16-18-23-19-17-21/h16-19H,2-15,20H2,1H3. The van der Waals surface area contributed by atoms with Gasteiger partial charge in [-0.05, 0) is 18.6 Å². The first-order valence-corrected chi connectivity index (χ1v) is 11.0. The van der Waals surface area contributed by atoms with E-state index in [1.54, 1.807) is 0 Å². The highest BCUT2D eigenvalue weighted by molar-refractivity contribution is 5.93. The Labute approximate surface area is 169 Å². The number of hydrazine groups is 1. The molecular weight excluding hydrogens is 354 g/mol. The molecule has 28 heavy (non-hydrogen) atoms. The zero-order chi connectivity index (χ0) is 20.5. The summed E-state index contributed by atoms with van der Waals surface area (Å²) in [6.07, 6.45) is 20.2. The van der Waals surface area contributed by atoms with Crippen molar-refractivity contribution in [2.24, 2.45) is 0 Å². The minimum absolute atomic E-state index is 0.159. The molecule has 158 valence electrons. The molecule has 0 aliphatic heterocycles. The van der Waals surface area contributed by atoms with Gasteiger partial charge in [0.2, 0.25) is 0 Å². The Balaban J connectivity index is 2.02. The summed E-state index contributed by atoms with van der Waals surface area (Å²) in [5.74, 6) is -0.568. The fourth-order valence-electron chi connectivity index (χ4n) is 3.36. The first-order valence-electron chi connectivity index (χ1n) is 11.0. The van der Waals surface area contributed by atoms with Gasteiger partial charge in [0.1, 0.15) is 0 Å². The van der Waals surface area contributed by atoms with Crippen LogP contribution in [0.3, 0.4) is 0 Å². The van der Waals surface area contributed by atoms with Crippen molar-refractivity contribution in [2.75, 3.05) is 6.54 Å². The van der Waals surface area contributed by atoms with Gasteiger partial charge in [0.05, 0.1) is 6.54 Å². The highest BCUT2D eigenvalue weighted by atomic mass is 16.7. The van der Waals surface area contributed by atoms with Gasteiger partial charge in [0, 0.05) is 18.0 Å². The van der Waals surface area contributed by atoms with Crippen molar-refractivity contribution >= 4 is 5.91 Å². The second-order valence-electron chi connectivity index (χ2n) is 7.50. The number of aromatic nitrogens is 1. The van der Waals surface area contributed by atoms with E-state index in [1.165, 1.54) is 95.2 Å². The first kappa shape index (κ1) is 24.1. The Kier molecular flexibility index (Phi) is 13.8. The van der Waals surface area contributed by atoms with Gasteiger partial charge in [-0.3, -0.25) is 9.78 Å². The third-order valence-electron chi connectivity index (χ3n) is 5.08. The average molecular weight is 392 g/mol. The van der Waals surface area contributed by atoms with E-state index in [9.17, 15) is 14.9 Å². The van der Waals surface area contributed by atoms with Crippen LogP contribution in [-0.4, -0.2) is 27.5 Å². The number of hydrogen-bond acceptors (Lipinski definition) is 4. The maximum atomic E-state index is 12.2. The predicted molar refractivity (Wildman–Crippen MR) is 113 cm³/mol. The minimum atomic E-state index is -0.606. The van der Waals surface area contributed by atoms with E-state index in [0.29, 0.717) is 12.0 Å². The fourth-order valence-corrected chi connectivity index (χ4v) is 3.36. The quantitative estimate of drug-likeness (QED) is 0.180. The highest BCUT2D eigenvalue weighted by Gasteiger charge is 2.24. The molecule has 6 nitrogen and oxygen atoms in total. The molecule has 0 fully saturated rings. The molecule has 1 heterocycles. The third kappa shape index (κ3) is 11.0. The van der Waals surface area contributed by atoms with Crippen LogP contribution in [0.25, 0.3) is 0 Å². The summed E-state index contributed by atoms with van der Waals surface area (Å²) >= 11 is 0. The van der Waals surface area contributed by atoms with Crippen LogP contribution in [0.5, 0.6) is 0 Å². The van der Waals surface area contributed by atoms with Crippen LogP contribution in [-0.2, 0) is 0 Å². The van der Waals surface area contributed by atoms with Crippen LogP contribution in [0.4, 0.5) is 0 Å². The number of nitrogens with zero attached hydrogens (tertiary/aromatic N) is 3. The van der Waals surface area contributed by atoms with E-state index in [4.69, 9.17) is 0 Å². The second-order valence-corrected chi connectivity index (χ2v) is 7.50. The second kappa shape index (κ2) is 16.0. The number of pyridine rings is 1. The topological polar surface area (TPSA) is 76.3 Å². The smallest absolute Gasteiger partial charge is 0.265 e. The van der Waals surface area contributed by atoms with Crippen molar-refractivity contribution in [1.82, 2.24) is 9.99 Å². The SMILES string of the molecule is CCCCCCCCCCCCCCCCN(C(=O)c1ccncc1)[N+](=O)[O-]. The number of nitro groups is 1. The van der Waals surface area contributed by atoms with Gasteiger partial charge in [-0.25, -0.2) is 10.1 Å². The molecule has 0 bridgehead atoms. The molecule has 1 aromatic heterocycles. The van der Waals surface area contributed by atoms with Gasteiger partial charge in [-0.2, -0.15) is 0 Å². The number of carbonyl (C=O) groups excluding carboxylic acids is 1. The van der Waals surface area contributed by atoms with Crippen LogP contribution in [0.1, 0.15) is 107 Å². The molecule has 0 spiro atoms. The lowest BCUT2D eigenvalue weighted by Gasteiger charge is -2.12. The van der Waals surface area contributed by atoms with Crippen molar-refractivity contribution < 1.29 is 9.83 Å². The molecular formula is C22H37N3O3. The van der Waals surface area contributed by atoms with Gasteiger partial charge in [0.25, 0.3) is 0 Å². The molecule has 0 N–H and O–H groups in total. The summed E-state index contributed by atoms with van der Waals surface area (Å²) in [6.45, 7) is 2.41. The number of hydrogen-bond donors (Lipinski definition) is 0. The first-order chi connectivity index (χ1) is 13.7. The monoisotopic (exact) mass is 391 g/mol. The third-order valence-corrected chi connectivity index (χ3v) is 5.08. The van der Waals surface area contributed by atoms with E-state index in [-0.39, 0.29) is 6.54 Å². The molecule has 1 rings (SSSR count). The molecule has 0 aliphatic rings. The Hall–Kier alpha value is -1.98. The van der Waals surface area contributed by atoms with Crippen molar-refractivity contribution in [3.63, 3.8) is 0 Å². The lowest BCUT2D eigenvalue weighted by atomic mass is 10.0. The van der Waals surface area contributed by atoms with Crippen LogP contribution in [0, 0.1) is 10.1 Å². The molecule has 0 radical (unpaired) electrons. The lowest BCUT2D eigenvalue weighted by molar-refractivity contribution is -0.632. The van der Waals surface area contributed by atoms with Crippen molar-refractivity contribution in [3.05, 3.63) is 40.2 Å². The predicted octanol–water partition coefficient (Wildman–Crippen LogP) is 6.20. The summed E-state index contributed by atoms with van der Waals surface area (Å²) in [5.41, 5.74) is 0.303. The zero-order valence-corrected chi connectivity index (χ0v) is 17.5. The van der Waals surface area contributed by atoms with E-state index in [2.05, 4.69) is 11.9 Å². The van der Waals surface area contributed by atoms with Crippen LogP contribution < -0.4 is 0 Å². The van der Waals surface area contributed by atoms with Gasteiger partial charge >= 0.3 is 5.91 Å². The van der Waals surface area contributed by atoms with Gasteiger partial charge in [-0.15, -0.1) is 0 Å². The number of carbonyl (C=O) groups is 1. The maximum absolute atomic E-state index is 12.2. The molecule has 0 saturated carbocycles. The van der Waals surface area contributed by atoms with Gasteiger partial charge < -0.3 is 0 Å². The normalized spacial score (nSPS) is 10.8. The Morgan fingerprint density at radius 3 is 1.71 bits per heavy atom. The number of amides is 1. The van der Waals surface area contributed by atoms with Gasteiger partial charge in [0.15, 0.2) is 5.03 Å². The van der Waals surface area contributed by atoms with Crippen molar-refractivity contribution in [1.29, 1.82) is 0 Å². The molecule has 0 saturated heterocycles. The minimum Gasteiger partial charge on any atom is -0.265 e. The summed E-state index contributed by atoms with van der Waals surface area (Å²) in [4.78, 5) is 27.2. The molecule has 1 amide bonds. The van der Waals surface area contributed by atoms with Gasteiger partial charge in [-0.1, -0.05) is 95.4 Å². The molecule has 1 aromatic rings. The molecule has 0 atom stereocenters. The summed E-state index contributed by atoms with van der Waals surface area (Å²) in [7, 11) is 0. The van der Waals surface area contributed by atoms with Crippen molar-refractivity contribution in [2.45, 2.75) is 96.8 Å². The molecule has 0 aromatic carbocycles. The highest BCUT2D eigenvalue weighted by Crippen LogP contribution is 2.13. The fraction of sp³-hybridized carbons (Fsp3) is 0.727. The van der Waals surface area contributed by atoms with Crippen LogP contribution >= 0.6 is 0 Å². The zero-order valence-electron chi connectivity index (χ0n) is 17.5. The van der Waals surface area contributed by atoms with Crippen molar-refractivity contribution in [3.8, 4) is 0 Å². The van der Waals surface area contributed by atoms with E-state index < -0.39 is 10.9 Å². The largest absolute Gasteiger partial charge is 0.313 e. The molecule has 6 heteroatoms. The Morgan fingerprint density at radius 1 is 0.857 bits per heavy atom. The molecule has 0 aliphatic carbocycles. The van der Waals surface area contributed by atoms with Crippen LogP contribution in [0.2, 0.25) is 0 Å². The lowest BCUT2D eigenvalue weighted by Crippen LogP contribution is -2.37. The summed E-state index contributed by atoms with van der Waals surface area (Å²) in [5, 5.41) is 11.3. The molecule has 0 unspecified atom stereocenters.